The summed E-state index contributed by atoms with van der Waals surface area (Å²) in [6, 6.07) is 31.0. The van der Waals surface area contributed by atoms with E-state index < -0.39 is 5.54 Å². The lowest BCUT2D eigenvalue weighted by Gasteiger charge is -2.39. The van der Waals surface area contributed by atoms with Crippen LogP contribution in [0.2, 0.25) is 0 Å². The number of hydrogen-bond acceptors (Lipinski definition) is 3. The molecular weight excluding hydrogens is 344 g/mol. The fourth-order valence-corrected chi connectivity index (χ4v) is 3.93. The van der Waals surface area contributed by atoms with E-state index in [-0.39, 0.29) is 6.04 Å². The summed E-state index contributed by atoms with van der Waals surface area (Å²) in [5.74, 6) is 0.763. The Bertz CT molecular complexity index is 914. The topological polar surface area (TPSA) is 69.9 Å². The third kappa shape index (κ3) is 2.93. The first-order chi connectivity index (χ1) is 13.8. The number of rotatable bonds is 6. The summed E-state index contributed by atoms with van der Waals surface area (Å²) < 4.78 is 2.17. The first-order valence-electron chi connectivity index (χ1n) is 9.44. The van der Waals surface area contributed by atoms with Gasteiger partial charge in [-0.05, 0) is 16.7 Å². The van der Waals surface area contributed by atoms with Gasteiger partial charge < -0.3 is 16.0 Å². The van der Waals surface area contributed by atoms with Gasteiger partial charge in [0.1, 0.15) is 11.4 Å². The van der Waals surface area contributed by atoms with Crippen molar-refractivity contribution in [3.63, 3.8) is 0 Å². The van der Waals surface area contributed by atoms with E-state index in [9.17, 15) is 0 Å². The van der Waals surface area contributed by atoms with Crippen LogP contribution in [0.15, 0.2) is 103 Å². The Morgan fingerprint density at radius 3 is 1.57 bits per heavy atom. The van der Waals surface area contributed by atoms with Crippen LogP contribution in [0.5, 0.6) is 0 Å². The van der Waals surface area contributed by atoms with Gasteiger partial charge in [-0.2, -0.15) is 0 Å². The van der Waals surface area contributed by atoms with E-state index in [4.69, 9.17) is 11.5 Å². The number of aromatic nitrogens is 2. The quantitative estimate of drug-likeness (QED) is 0.510. The molecule has 4 aromatic rings. The summed E-state index contributed by atoms with van der Waals surface area (Å²) in [5, 5.41) is 0. The summed E-state index contributed by atoms with van der Waals surface area (Å²) in [5.41, 5.74) is 15.1. The van der Waals surface area contributed by atoms with E-state index in [1.165, 1.54) is 0 Å². The number of nitrogens with zero attached hydrogens (tertiary/aromatic N) is 2. The molecule has 0 aliphatic carbocycles. The zero-order valence-corrected chi connectivity index (χ0v) is 15.6. The summed E-state index contributed by atoms with van der Waals surface area (Å²) in [6.07, 6.45) is 3.80. The molecule has 140 valence electrons. The Kier molecular flexibility index (Phi) is 5.06. The largest absolute Gasteiger partial charge is 0.328 e. The lowest BCUT2D eigenvalue weighted by molar-refractivity contribution is 0.472. The predicted molar refractivity (Wildman–Crippen MR) is 113 cm³/mol. The normalized spacial score (nSPS) is 12.6. The predicted octanol–water partition coefficient (Wildman–Crippen LogP) is 3.68. The van der Waals surface area contributed by atoms with Crippen molar-refractivity contribution >= 4 is 0 Å². The van der Waals surface area contributed by atoms with E-state index in [0.29, 0.717) is 6.54 Å². The standard InChI is InChI=1S/C24H24N4/c25-18-22(26)23-27-16-17-28(23)24(19-10-4-1-5-11-19,20-12-6-2-7-13-20)21-14-8-3-9-15-21/h1-17,22H,18,25-26H2. The average molecular weight is 368 g/mol. The molecule has 0 radical (unpaired) electrons. The molecule has 0 bridgehead atoms. The van der Waals surface area contributed by atoms with Crippen molar-refractivity contribution in [2.45, 2.75) is 11.6 Å². The first kappa shape index (κ1) is 18.2. The van der Waals surface area contributed by atoms with E-state index in [0.717, 1.165) is 22.5 Å². The fraction of sp³-hybridized carbons (Fsp3) is 0.125. The highest BCUT2D eigenvalue weighted by Crippen LogP contribution is 2.41. The Hall–Kier alpha value is -3.21. The molecule has 4 N–H and O–H groups in total. The number of hydrogen-bond donors (Lipinski definition) is 2. The van der Waals surface area contributed by atoms with Crippen LogP contribution in [0.1, 0.15) is 28.6 Å². The van der Waals surface area contributed by atoms with Gasteiger partial charge >= 0.3 is 0 Å². The van der Waals surface area contributed by atoms with Crippen LogP contribution >= 0.6 is 0 Å². The van der Waals surface area contributed by atoms with Gasteiger partial charge in [0.2, 0.25) is 0 Å². The molecule has 1 unspecified atom stereocenters. The zero-order chi connectivity index (χ0) is 19.4. The molecule has 3 aromatic carbocycles. The highest BCUT2D eigenvalue weighted by atomic mass is 15.2. The van der Waals surface area contributed by atoms with Crippen molar-refractivity contribution in [3.8, 4) is 0 Å². The van der Waals surface area contributed by atoms with E-state index in [1.807, 2.05) is 24.4 Å². The molecular formula is C24H24N4. The monoisotopic (exact) mass is 368 g/mol. The second-order valence-electron chi connectivity index (χ2n) is 6.81. The Morgan fingerprint density at radius 1 is 0.750 bits per heavy atom. The van der Waals surface area contributed by atoms with Gasteiger partial charge in [0.05, 0.1) is 6.04 Å². The average Bonchev–Trinajstić information content (AvgIpc) is 3.26. The van der Waals surface area contributed by atoms with Crippen LogP contribution in [0, 0.1) is 0 Å². The molecule has 0 aliphatic heterocycles. The van der Waals surface area contributed by atoms with Gasteiger partial charge in [-0.1, -0.05) is 91.0 Å². The molecule has 0 saturated carbocycles. The summed E-state index contributed by atoms with van der Waals surface area (Å²) >= 11 is 0. The van der Waals surface area contributed by atoms with Gasteiger partial charge in [0.15, 0.2) is 0 Å². The molecule has 4 rings (SSSR count). The highest BCUT2D eigenvalue weighted by molar-refractivity contribution is 5.51. The van der Waals surface area contributed by atoms with Crippen molar-refractivity contribution < 1.29 is 0 Å². The molecule has 28 heavy (non-hydrogen) atoms. The Morgan fingerprint density at radius 2 is 1.18 bits per heavy atom. The molecule has 4 nitrogen and oxygen atoms in total. The first-order valence-corrected chi connectivity index (χ1v) is 9.44. The molecule has 1 aromatic heterocycles. The van der Waals surface area contributed by atoms with Crippen molar-refractivity contribution in [2.75, 3.05) is 6.54 Å². The lowest BCUT2D eigenvalue weighted by atomic mass is 9.76. The minimum absolute atomic E-state index is 0.325. The van der Waals surface area contributed by atoms with Crippen LogP contribution < -0.4 is 11.5 Å². The molecule has 4 heteroatoms. The highest BCUT2D eigenvalue weighted by Gasteiger charge is 2.40. The maximum Gasteiger partial charge on any atom is 0.128 e. The van der Waals surface area contributed by atoms with Crippen molar-refractivity contribution in [1.82, 2.24) is 9.55 Å². The molecule has 0 spiro atoms. The van der Waals surface area contributed by atoms with Gasteiger partial charge in [-0.15, -0.1) is 0 Å². The smallest absolute Gasteiger partial charge is 0.128 e. The van der Waals surface area contributed by atoms with Gasteiger partial charge in [-0.3, -0.25) is 0 Å². The SMILES string of the molecule is NCC(N)c1nccn1C(c1ccccc1)(c1ccccc1)c1ccccc1. The van der Waals surface area contributed by atoms with Crippen molar-refractivity contribution in [2.24, 2.45) is 11.5 Å². The maximum absolute atomic E-state index is 6.36. The number of nitrogens with two attached hydrogens (primary N) is 2. The van der Waals surface area contributed by atoms with Crippen LogP contribution in [0.4, 0.5) is 0 Å². The molecule has 1 heterocycles. The maximum atomic E-state index is 6.36. The molecule has 0 aliphatic rings. The summed E-state index contributed by atoms with van der Waals surface area (Å²) in [7, 11) is 0. The molecule has 1 atom stereocenters. The van der Waals surface area contributed by atoms with Crippen LogP contribution in [-0.2, 0) is 5.54 Å². The molecule has 0 fully saturated rings. The summed E-state index contributed by atoms with van der Waals surface area (Å²) in [6.45, 7) is 0.325. The van der Waals surface area contributed by atoms with Gasteiger partial charge in [0, 0.05) is 18.9 Å². The van der Waals surface area contributed by atoms with Crippen molar-refractivity contribution in [1.29, 1.82) is 0 Å². The van der Waals surface area contributed by atoms with E-state index in [1.54, 1.807) is 6.20 Å². The molecule has 0 saturated heterocycles. The second-order valence-corrected chi connectivity index (χ2v) is 6.81. The van der Waals surface area contributed by atoms with Gasteiger partial charge in [0.25, 0.3) is 0 Å². The fourth-order valence-electron chi connectivity index (χ4n) is 3.93. The zero-order valence-electron chi connectivity index (χ0n) is 15.6. The van der Waals surface area contributed by atoms with Crippen molar-refractivity contribution in [3.05, 3.63) is 126 Å². The minimum atomic E-state index is -0.609. The number of benzene rings is 3. The third-order valence-corrected chi connectivity index (χ3v) is 5.19. The Labute approximate surface area is 165 Å². The van der Waals surface area contributed by atoms with Crippen LogP contribution in [0.3, 0.4) is 0 Å². The number of imidazole rings is 1. The minimum Gasteiger partial charge on any atom is -0.328 e. The van der Waals surface area contributed by atoms with Crippen LogP contribution in [0.25, 0.3) is 0 Å². The lowest BCUT2D eigenvalue weighted by Crippen LogP contribution is -2.40. The second kappa shape index (κ2) is 7.80. The molecule has 0 amide bonds. The van der Waals surface area contributed by atoms with E-state index in [2.05, 4.69) is 82.3 Å². The van der Waals surface area contributed by atoms with Gasteiger partial charge in [-0.25, -0.2) is 4.98 Å². The summed E-state index contributed by atoms with van der Waals surface area (Å²) in [4.78, 5) is 4.59. The third-order valence-electron chi connectivity index (χ3n) is 5.19. The van der Waals surface area contributed by atoms with E-state index >= 15 is 0 Å². The van der Waals surface area contributed by atoms with Crippen LogP contribution in [-0.4, -0.2) is 16.1 Å². The Balaban J connectivity index is 2.13.